The first-order chi connectivity index (χ1) is 15.1. The van der Waals surface area contributed by atoms with E-state index in [2.05, 4.69) is 20.9 Å². The second-order valence-corrected chi connectivity index (χ2v) is 11.1. The maximum atomic E-state index is 14.1. The Labute approximate surface area is 192 Å². The van der Waals surface area contributed by atoms with Gasteiger partial charge < -0.3 is 4.90 Å². The summed E-state index contributed by atoms with van der Waals surface area (Å²) in [6.45, 7) is 0.398. The van der Waals surface area contributed by atoms with Crippen LogP contribution in [0.2, 0.25) is 0 Å². The summed E-state index contributed by atoms with van der Waals surface area (Å²) >= 11 is 4.76. The van der Waals surface area contributed by atoms with Gasteiger partial charge in [0, 0.05) is 28.5 Å². The summed E-state index contributed by atoms with van der Waals surface area (Å²) in [7, 11) is -4.78. The first kappa shape index (κ1) is 23.1. The molecule has 1 aliphatic rings. The lowest BCUT2D eigenvalue weighted by molar-refractivity contribution is 0.356. The number of aromatic nitrogens is 1. The molecule has 32 heavy (non-hydrogen) atoms. The van der Waals surface area contributed by atoms with Gasteiger partial charge in [-0.3, -0.25) is 0 Å². The van der Waals surface area contributed by atoms with Crippen LogP contribution in [0.25, 0.3) is 11.3 Å². The van der Waals surface area contributed by atoms with Gasteiger partial charge in [0.1, 0.15) is 4.90 Å². The molecule has 170 valence electrons. The van der Waals surface area contributed by atoms with Gasteiger partial charge in [-0.15, -0.1) is 11.3 Å². The highest BCUT2D eigenvalue weighted by Crippen LogP contribution is 2.35. The largest absolute Gasteiger partial charge is 0.348 e. The van der Waals surface area contributed by atoms with E-state index in [1.54, 1.807) is 0 Å². The van der Waals surface area contributed by atoms with Crippen LogP contribution in [0, 0.1) is 29.1 Å². The quantitative estimate of drug-likeness (QED) is 0.180. The number of benzene rings is 2. The summed E-state index contributed by atoms with van der Waals surface area (Å²) in [4.78, 5) is 4.63. The summed E-state index contributed by atoms with van der Waals surface area (Å²) in [6, 6.07) is 7.55. The van der Waals surface area contributed by atoms with Crippen LogP contribution in [0.3, 0.4) is 0 Å². The topological polar surface area (TPSA) is 50.3 Å². The molecule has 0 amide bonds. The third kappa shape index (κ3) is 4.03. The van der Waals surface area contributed by atoms with E-state index >= 15 is 0 Å². The maximum Gasteiger partial charge on any atom is 0.200 e. The van der Waals surface area contributed by atoms with E-state index in [0.29, 0.717) is 5.13 Å². The SMILES string of the molecule is O=S(=O)(c1c(F)c(F)c(F)c(F)c1F)C1CCN(c2nc(-c3cccc(Br)c3)cs2)CC1. The lowest BCUT2D eigenvalue weighted by atomic mass is 10.1. The number of halogens is 6. The van der Waals surface area contributed by atoms with Crippen LogP contribution in [0.4, 0.5) is 27.1 Å². The van der Waals surface area contributed by atoms with Crippen molar-refractivity contribution in [2.75, 3.05) is 18.0 Å². The highest BCUT2D eigenvalue weighted by molar-refractivity contribution is 9.10. The van der Waals surface area contributed by atoms with Crippen LogP contribution >= 0.6 is 27.3 Å². The van der Waals surface area contributed by atoms with Gasteiger partial charge in [-0.1, -0.05) is 28.1 Å². The molecule has 0 saturated carbocycles. The fourth-order valence-electron chi connectivity index (χ4n) is 3.55. The molecule has 0 atom stereocenters. The number of piperidine rings is 1. The van der Waals surface area contributed by atoms with Gasteiger partial charge in [0.25, 0.3) is 0 Å². The number of rotatable bonds is 4. The van der Waals surface area contributed by atoms with E-state index in [0.717, 1.165) is 15.7 Å². The molecular weight excluding hydrogens is 539 g/mol. The van der Waals surface area contributed by atoms with Crippen molar-refractivity contribution in [1.82, 2.24) is 4.98 Å². The Kier molecular flexibility index (Phi) is 6.29. The molecular formula is C20H14BrF5N2O2S2. The minimum atomic E-state index is -4.78. The summed E-state index contributed by atoms with van der Waals surface area (Å²) in [6.07, 6.45) is -0.0960. The molecule has 1 saturated heterocycles. The van der Waals surface area contributed by atoms with Gasteiger partial charge in [0.15, 0.2) is 38.2 Å². The zero-order chi connectivity index (χ0) is 23.2. The molecule has 2 heterocycles. The normalized spacial score (nSPS) is 15.4. The Bertz CT molecular complexity index is 1260. The number of thiazole rings is 1. The third-order valence-corrected chi connectivity index (χ3v) is 8.89. The highest BCUT2D eigenvalue weighted by Gasteiger charge is 2.39. The molecule has 12 heteroatoms. The number of hydrogen-bond acceptors (Lipinski definition) is 5. The lowest BCUT2D eigenvalue weighted by Crippen LogP contribution is -2.40. The number of nitrogens with zero attached hydrogens (tertiary/aromatic N) is 2. The zero-order valence-corrected chi connectivity index (χ0v) is 19.3. The number of anilines is 1. The van der Waals surface area contributed by atoms with Crippen molar-refractivity contribution in [3.8, 4) is 11.3 Å². The molecule has 4 nitrogen and oxygen atoms in total. The van der Waals surface area contributed by atoms with Crippen molar-refractivity contribution >= 4 is 42.2 Å². The molecule has 0 radical (unpaired) electrons. The fourth-order valence-corrected chi connectivity index (χ4v) is 6.68. The van der Waals surface area contributed by atoms with E-state index in [-0.39, 0.29) is 25.9 Å². The van der Waals surface area contributed by atoms with Gasteiger partial charge in [-0.05, 0) is 25.0 Å². The van der Waals surface area contributed by atoms with Crippen molar-refractivity contribution in [2.45, 2.75) is 23.0 Å². The van der Waals surface area contributed by atoms with Crippen molar-refractivity contribution in [3.63, 3.8) is 0 Å². The van der Waals surface area contributed by atoms with Gasteiger partial charge in [-0.2, -0.15) is 0 Å². The number of sulfone groups is 1. The first-order valence-electron chi connectivity index (χ1n) is 9.33. The number of hydrogen-bond donors (Lipinski definition) is 0. The van der Waals surface area contributed by atoms with E-state index in [9.17, 15) is 30.4 Å². The third-order valence-electron chi connectivity index (χ3n) is 5.22. The molecule has 3 aromatic rings. The molecule has 1 fully saturated rings. The molecule has 0 aliphatic carbocycles. The molecule has 0 spiro atoms. The Morgan fingerprint density at radius 2 is 1.56 bits per heavy atom. The van der Waals surface area contributed by atoms with Gasteiger partial charge >= 0.3 is 0 Å². The molecule has 2 aromatic carbocycles. The fraction of sp³-hybridized carbons (Fsp3) is 0.250. The van der Waals surface area contributed by atoms with Gasteiger partial charge in [0.05, 0.1) is 10.9 Å². The van der Waals surface area contributed by atoms with Crippen LogP contribution in [-0.4, -0.2) is 31.7 Å². The van der Waals surface area contributed by atoms with Crippen molar-refractivity contribution in [3.05, 3.63) is 63.2 Å². The lowest BCUT2D eigenvalue weighted by Gasteiger charge is -2.31. The average Bonchev–Trinajstić information content (AvgIpc) is 3.27. The van der Waals surface area contributed by atoms with E-state index in [1.165, 1.54) is 11.3 Å². The Morgan fingerprint density at radius 1 is 0.969 bits per heavy atom. The van der Waals surface area contributed by atoms with Gasteiger partial charge in [0.2, 0.25) is 5.82 Å². The van der Waals surface area contributed by atoms with Crippen LogP contribution in [-0.2, 0) is 9.84 Å². The predicted octanol–water partition coefficient (Wildman–Crippen LogP) is 5.71. The minimum absolute atomic E-state index is 0.0480. The average molecular weight is 553 g/mol. The predicted molar refractivity (Wildman–Crippen MR) is 114 cm³/mol. The first-order valence-corrected chi connectivity index (χ1v) is 12.5. The second kappa shape index (κ2) is 8.71. The Morgan fingerprint density at radius 3 is 2.16 bits per heavy atom. The van der Waals surface area contributed by atoms with Crippen LogP contribution in [0.5, 0.6) is 0 Å². The molecule has 0 bridgehead atoms. The molecule has 1 aromatic heterocycles. The molecule has 1 aliphatic heterocycles. The second-order valence-electron chi connectivity index (χ2n) is 7.16. The zero-order valence-electron chi connectivity index (χ0n) is 16.1. The summed E-state index contributed by atoms with van der Waals surface area (Å²) in [5.41, 5.74) is 1.63. The molecule has 0 unspecified atom stereocenters. The molecule has 0 N–H and O–H groups in total. The highest BCUT2D eigenvalue weighted by atomic mass is 79.9. The standard InChI is InChI=1S/C20H14BrF5N2O2S2/c21-11-3-1-2-10(8-11)13-9-31-20(27-13)28-6-4-12(5-7-28)32(29,30)19-17(25)15(23)14(22)16(24)18(19)26/h1-3,8-9,12H,4-7H2. The Hall–Kier alpha value is -2.05. The minimum Gasteiger partial charge on any atom is -0.348 e. The van der Waals surface area contributed by atoms with Crippen LogP contribution < -0.4 is 4.90 Å². The van der Waals surface area contributed by atoms with E-state index in [4.69, 9.17) is 0 Å². The van der Waals surface area contributed by atoms with Crippen molar-refractivity contribution in [2.24, 2.45) is 0 Å². The van der Waals surface area contributed by atoms with E-state index < -0.39 is 49.1 Å². The summed E-state index contributed by atoms with van der Waals surface area (Å²) < 4.78 is 94.8. The van der Waals surface area contributed by atoms with Crippen LogP contribution in [0.1, 0.15) is 12.8 Å². The smallest absolute Gasteiger partial charge is 0.200 e. The summed E-state index contributed by atoms with van der Waals surface area (Å²) in [5.74, 6) is -11.6. The van der Waals surface area contributed by atoms with Crippen molar-refractivity contribution < 1.29 is 30.4 Å². The van der Waals surface area contributed by atoms with Crippen molar-refractivity contribution in [1.29, 1.82) is 0 Å². The molecule has 4 rings (SSSR count). The Balaban J connectivity index is 1.53. The van der Waals surface area contributed by atoms with Gasteiger partial charge in [-0.25, -0.2) is 35.4 Å². The monoisotopic (exact) mass is 552 g/mol. The van der Waals surface area contributed by atoms with Crippen LogP contribution in [0.15, 0.2) is 39.0 Å². The summed E-state index contributed by atoms with van der Waals surface area (Å²) in [5, 5.41) is 1.22. The van der Waals surface area contributed by atoms with E-state index in [1.807, 2.05) is 34.5 Å². The maximum absolute atomic E-state index is 14.1.